The Morgan fingerprint density at radius 2 is 2.12 bits per heavy atom. The molecule has 0 saturated carbocycles. The number of nitrogens with two attached hydrogens (primary N) is 1. The minimum atomic E-state index is -4.59. The van der Waals surface area contributed by atoms with E-state index in [2.05, 4.69) is 14.4 Å². The Morgan fingerprint density at radius 3 is 2.59 bits per heavy atom. The zero-order chi connectivity index (χ0) is 12.6. The van der Waals surface area contributed by atoms with Gasteiger partial charge in [-0.15, -0.1) is 11.3 Å². The molecule has 0 saturated heterocycles. The van der Waals surface area contributed by atoms with E-state index in [1.807, 2.05) is 0 Å². The summed E-state index contributed by atoms with van der Waals surface area (Å²) in [6.07, 6.45) is -4.59. The molecule has 0 radical (unpaired) electrons. The van der Waals surface area contributed by atoms with Crippen molar-refractivity contribution in [2.45, 2.75) is 19.6 Å². The molecular weight excluding hydrogens is 255 g/mol. The van der Waals surface area contributed by atoms with E-state index in [9.17, 15) is 13.2 Å². The number of thiazole rings is 1. The van der Waals surface area contributed by atoms with Gasteiger partial charge in [-0.3, -0.25) is 0 Å². The molecule has 4 nitrogen and oxygen atoms in total. The summed E-state index contributed by atoms with van der Waals surface area (Å²) >= 11 is 1.26. The number of nitrogens with zero attached hydrogens (tertiary/aromatic N) is 2. The van der Waals surface area contributed by atoms with E-state index >= 15 is 0 Å². The minimum absolute atomic E-state index is 0.0354. The number of rotatable bonds is 2. The Morgan fingerprint density at radius 1 is 1.41 bits per heavy atom. The first kappa shape index (κ1) is 12.1. The number of hydrogen-bond donors (Lipinski definition) is 1. The lowest BCUT2D eigenvalue weighted by Crippen LogP contribution is -2.04. The van der Waals surface area contributed by atoms with E-state index in [1.165, 1.54) is 18.3 Å². The highest BCUT2D eigenvalue weighted by atomic mass is 32.1. The van der Waals surface area contributed by atoms with Gasteiger partial charge < -0.3 is 10.2 Å². The van der Waals surface area contributed by atoms with Gasteiger partial charge in [0.25, 0.3) is 0 Å². The van der Waals surface area contributed by atoms with Crippen LogP contribution in [0, 0.1) is 6.92 Å². The van der Waals surface area contributed by atoms with Gasteiger partial charge in [-0.2, -0.15) is 13.2 Å². The molecule has 0 atom stereocenters. The highest BCUT2D eigenvalue weighted by molar-refractivity contribution is 7.09. The van der Waals surface area contributed by atoms with Crippen LogP contribution >= 0.6 is 11.3 Å². The molecular formula is C9H8F3N3OS. The van der Waals surface area contributed by atoms with Crippen LogP contribution in [0.25, 0.3) is 11.5 Å². The lowest BCUT2D eigenvalue weighted by atomic mass is 10.3. The lowest BCUT2D eigenvalue weighted by molar-refractivity contribution is -0.156. The van der Waals surface area contributed by atoms with Crippen molar-refractivity contribution in [1.29, 1.82) is 0 Å². The second-order valence-electron chi connectivity index (χ2n) is 3.26. The largest absolute Gasteiger partial charge is 0.468 e. The van der Waals surface area contributed by atoms with E-state index in [-0.39, 0.29) is 18.0 Å². The fourth-order valence-electron chi connectivity index (χ4n) is 1.26. The van der Waals surface area contributed by atoms with Gasteiger partial charge in [0.15, 0.2) is 5.76 Å². The predicted molar refractivity (Wildman–Crippen MR) is 55.2 cm³/mol. The third-order valence-corrected chi connectivity index (χ3v) is 2.87. The quantitative estimate of drug-likeness (QED) is 0.904. The van der Waals surface area contributed by atoms with E-state index < -0.39 is 12.1 Å². The maximum absolute atomic E-state index is 12.4. The summed E-state index contributed by atoms with van der Waals surface area (Å²) in [4.78, 5) is 7.38. The molecule has 0 aliphatic heterocycles. The van der Waals surface area contributed by atoms with Crippen molar-refractivity contribution in [3.8, 4) is 11.5 Å². The fraction of sp³-hybridized carbons (Fsp3) is 0.333. The monoisotopic (exact) mass is 263 g/mol. The van der Waals surface area contributed by atoms with E-state index in [0.717, 1.165) is 0 Å². The second kappa shape index (κ2) is 4.11. The predicted octanol–water partition coefficient (Wildman–Crippen LogP) is 2.58. The van der Waals surface area contributed by atoms with Crippen LogP contribution < -0.4 is 5.73 Å². The van der Waals surface area contributed by atoms with Crippen molar-refractivity contribution in [1.82, 2.24) is 9.97 Å². The van der Waals surface area contributed by atoms with E-state index in [1.54, 1.807) is 5.38 Å². The van der Waals surface area contributed by atoms with Crippen LogP contribution in [0.4, 0.5) is 13.2 Å². The molecule has 0 aliphatic rings. The third kappa shape index (κ3) is 2.32. The number of oxazole rings is 1. The maximum atomic E-state index is 12.4. The number of hydrogen-bond acceptors (Lipinski definition) is 5. The second-order valence-corrected chi connectivity index (χ2v) is 4.20. The zero-order valence-corrected chi connectivity index (χ0v) is 9.52. The van der Waals surface area contributed by atoms with Gasteiger partial charge in [-0.05, 0) is 6.92 Å². The molecule has 0 bridgehead atoms. The molecule has 17 heavy (non-hydrogen) atoms. The summed E-state index contributed by atoms with van der Waals surface area (Å²) in [5.41, 5.74) is 5.86. The first-order chi connectivity index (χ1) is 7.91. The number of aryl methyl sites for hydroxylation is 1. The first-order valence-electron chi connectivity index (χ1n) is 4.61. The van der Waals surface area contributed by atoms with Gasteiger partial charge in [0.2, 0.25) is 0 Å². The molecule has 2 N–H and O–H groups in total. The lowest BCUT2D eigenvalue weighted by Gasteiger charge is -1.97. The molecule has 8 heteroatoms. The molecule has 0 fully saturated rings. The van der Waals surface area contributed by atoms with Crippen LogP contribution in [0.5, 0.6) is 0 Å². The summed E-state index contributed by atoms with van der Waals surface area (Å²) in [5, 5.41) is 2.22. The fourth-order valence-corrected chi connectivity index (χ4v) is 1.92. The molecule has 2 aromatic heterocycles. The van der Waals surface area contributed by atoms with Crippen molar-refractivity contribution < 1.29 is 17.6 Å². The van der Waals surface area contributed by atoms with Crippen molar-refractivity contribution in [3.63, 3.8) is 0 Å². The van der Waals surface area contributed by atoms with Crippen molar-refractivity contribution in [3.05, 3.63) is 22.0 Å². The normalized spacial score (nSPS) is 12.1. The van der Waals surface area contributed by atoms with Crippen molar-refractivity contribution in [2.24, 2.45) is 5.73 Å². The number of halogens is 3. The van der Waals surface area contributed by atoms with Crippen LogP contribution in [0.3, 0.4) is 0 Å². The molecule has 0 unspecified atom stereocenters. The average molecular weight is 263 g/mol. The van der Waals surface area contributed by atoms with Crippen LogP contribution in [0.1, 0.15) is 16.6 Å². The zero-order valence-electron chi connectivity index (χ0n) is 8.71. The number of aromatic nitrogens is 2. The highest BCUT2D eigenvalue weighted by Crippen LogP contribution is 2.33. The van der Waals surface area contributed by atoms with Crippen LogP contribution in [-0.2, 0) is 12.7 Å². The smallest absolute Gasteiger partial charge is 0.431 e. The SMILES string of the molecule is Cc1nc(C(F)(F)F)oc1-c1csc(CN)n1. The highest BCUT2D eigenvalue weighted by Gasteiger charge is 2.38. The van der Waals surface area contributed by atoms with Gasteiger partial charge in [0.05, 0.1) is 5.69 Å². The van der Waals surface area contributed by atoms with Crippen LogP contribution in [0.2, 0.25) is 0 Å². The molecule has 0 aromatic carbocycles. The van der Waals surface area contributed by atoms with Gasteiger partial charge >= 0.3 is 12.1 Å². The maximum Gasteiger partial charge on any atom is 0.468 e. The van der Waals surface area contributed by atoms with Gasteiger partial charge in [0, 0.05) is 11.9 Å². The Labute approximate surface area is 98.3 Å². The molecule has 92 valence electrons. The first-order valence-corrected chi connectivity index (χ1v) is 5.49. The summed E-state index contributed by atoms with van der Waals surface area (Å²) in [5.74, 6) is -1.22. The van der Waals surface area contributed by atoms with E-state index in [4.69, 9.17) is 5.73 Å². The van der Waals surface area contributed by atoms with Gasteiger partial charge in [-0.1, -0.05) is 0 Å². The Balaban J connectivity index is 2.42. The van der Waals surface area contributed by atoms with Crippen molar-refractivity contribution in [2.75, 3.05) is 0 Å². The average Bonchev–Trinajstić information content (AvgIpc) is 2.82. The summed E-state index contributed by atoms with van der Waals surface area (Å²) in [6.45, 7) is 1.68. The van der Waals surface area contributed by atoms with Crippen LogP contribution in [0.15, 0.2) is 9.80 Å². The van der Waals surface area contributed by atoms with Gasteiger partial charge in [0.1, 0.15) is 10.7 Å². The molecule has 2 aromatic rings. The van der Waals surface area contributed by atoms with Gasteiger partial charge in [-0.25, -0.2) is 9.97 Å². The Kier molecular flexibility index (Phi) is 2.92. The van der Waals surface area contributed by atoms with E-state index in [0.29, 0.717) is 10.7 Å². The standard InChI is InChI=1S/C9H8F3N3OS/c1-4-7(5-3-17-6(2-13)15-5)16-8(14-4)9(10,11)12/h3H,2,13H2,1H3. The topological polar surface area (TPSA) is 64.9 Å². The third-order valence-electron chi connectivity index (χ3n) is 2.00. The minimum Gasteiger partial charge on any atom is -0.431 e. The molecule has 0 aliphatic carbocycles. The molecule has 2 heterocycles. The Bertz CT molecular complexity index is 532. The number of alkyl halides is 3. The van der Waals surface area contributed by atoms with Crippen molar-refractivity contribution >= 4 is 11.3 Å². The molecule has 0 amide bonds. The Hall–Kier alpha value is -1.41. The summed E-state index contributed by atoms with van der Waals surface area (Å²) in [7, 11) is 0. The molecule has 2 rings (SSSR count). The molecule has 0 spiro atoms. The summed E-state index contributed by atoms with van der Waals surface area (Å²) in [6, 6.07) is 0. The van der Waals surface area contributed by atoms with Crippen LogP contribution in [-0.4, -0.2) is 9.97 Å². The summed E-state index contributed by atoms with van der Waals surface area (Å²) < 4.78 is 41.8.